The Morgan fingerprint density at radius 2 is 1.96 bits per heavy atom. The molecular formula is C21H21N3OS. The summed E-state index contributed by atoms with van der Waals surface area (Å²) >= 11 is 1.87. The zero-order valence-corrected chi connectivity index (χ0v) is 15.3. The molecule has 1 aromatic heterocycles. The van der Waals surface area contributed by atoms with Crippen LogP contribution < -0.4 is 5.32 Å². The predicted octanol–water partition coefficient (Wildman–Crippen LogP) is 4.16. The van der Waals surface area contributed by atoms with Crippen LogP contribution in [0.4, 0.5) is 0 Å². The zero-order valence-electron chi connectivity index (χ0n) is 14.5. The minimum Gasteiger partial charge on any atom is -0.349 e. The van der Waals surface area contributed by atoms with Crippen molar-refractivity contribution in [2.45, 2.75) is 30.2 Å². The molecule has 26 heavy (non-hydrogen) atoms. The van der Waals surface area contributed by atoms with E-state index in [1.54, 1.807) is 0 Å². The summed E-state index contributed by atoms with van der Waals surface area (Å²) in [6, 6.07) is 18.5. The number of fused-ring (bicyclic) bond motifs is 1. The number of nitrogens with zero attached hydrogens (tertiary/aromatic N) is 2. The predicted molar refractivity (Wildman–Crippen MR) is 105 cm³/mol. The quantitative estimate of drug-likeness (QED) is 0.740. The van der Waals surface area contributed by atoms with Gasteiger partial charge in [0.1, 0.15) is 0 Å². The minimum absolute atomic E-state index is 0.101. The summed E-state index contributed by atoms with van der Waals surface area (Å²) in [7, 11) is 0. The van der Waals surface area contributed by atoms with Crippen molar-refractivity contribution in [3.8, 4) is 5.69 Å². The smallest absolute Gasteiger partial charge is 0.220 e. The standard InChI is InChI=1S/C21H21N3OS/c25-21(23-19-12-13-26-20-9-5-4-8-18(19)20)11-10-16-14-22-24(15-16)17-6-2-1-3-7-17/h1-9,14-15,19H,10-13H2,(H,23,25). The van der Waals surface area contributed by atoms with Gasteiger partial charge in [-0.25, -0.2) is 4.68 Å². The van der Waals surface area contributed by atoms with Gasteiger partial charge in [0.2, 0.25) is 5.91 Å². The number of carbonyl (C=O) groups is 1. The van der Waals surface area contributed by atoms with Crippen molar-refractivity contribution < 1.29 is 4.79 Å². The second kappa shape index (κ2) is 7.79. The minimum atomic E-state index is 0.101. The Labute approximate surface area is 157 Å². The molecule has 0 radical (unpaired) electrons. The summed E-state index contributed by atoms with van der Waals surface area (Å²) < 4.78 is 1.85. The van der Waals surface area contributed by atoms with E-state index in [0.29, 0.717) is 12.8 Å². The topological polar surface area (TPSA) is 46.9 Å². The van der Waals surface area contributed by atoms with Crippen molar-refractivity contribution in [2.24, 2.45) is 0 Å². The number of carbonyl (C=O) groups excluding carboxylic acids is 1. The van der Waals surface area contributed by atoms with Gasteiger partial charge in [0.05, 0.1) is 17.9 Å². The molecule has 2 heterocycles. The van der Waals surface area contributed by atoms with Gasteiger partial charge >= 0.3 is 0 Å². The van der Waals surface area contributed by atoms with E-state index in [0.717, 1.165) is 23.4 Å². The molecule has 0 bridgehead atoms. The Kier molecular flexibility index (Phi) is 5.07. The SMILES string of the molecule is O=C(CCc1cnn(-c2ccccc2)c1)NC1CCSc2ccccc21. The van der Waals surface area contributed by atoms with E-state index in [1.807, 2.05) is 65.2 Å². The third-order valence-corrected chi connectivity index (χ3v) is 5.71. The second-order valence-corrected chi connectivity index (χ2v) is 7.56. The normalized spacial score (nSPS) is 16.1. The molecule has 4 nitrogen and oxygen atoms in total. The molecule has 0 aliphatic carbocycles. The van der Waals surface area contributed by atoms with Crippen LogP contribution in [-0.2, 0) is 11.2 Å². The lowest BCUT2D eigenvalue weighted by Gasteiger charge is -2.25. The van der Waals surface area contributed by atoms with Crippen molar-refractivity contribution in [1.82, 2.24) is 15.1 Å². The number of thioether (sulfide) groups is 1. The third kappa shape index (κ3) is 3.83. The highest BCUT2D eigenvalue weighted by atomic mass is 32.2. The molecule has 4 rings (SSSR count). The molecule has 5 heteroatoms. The van der Waals surface area contributed by atoms with Gasteiger partial charge < -0.3 is 5.32 Å². The molecular weight excluding hydrogens is 342 g/mol. The molecule has 1 aliphatic heterocycles. The number of aryl methyl sites for hydroxylation is 1. The van der Waals surface area contributed by atoms with Gasteiger partial charge in [-0.05, 0) is 42.2 Å². The Morgan fingerprint density at radius 3 is 2.85 bits per heavy atom. The molecule has 1 amide bonds. The molecule has 1 atom stereocenters. The van der Waals surface area contributed by atoms with E-state index in [-0.39, 0.29) is 11.9 Å². The van der Waals surface area contributed by atoms with Gasteiger partial charge in [-0.15, -0.1) is 11.8 Å². The van der Waals surface area contributed by atoms with Crippen LogP contribution in [-0.4, -0.2) is 21.4 Å². The van der Waals surface area contributed by atoms with Crippen LogP contribution >= 0.6 is 11.8 Å². The van der Waals surface area contributed by atoms with Crippen molar-refractivity contribution in [3.05, 3.63) is 78.1 Å². The number of benzene rings is 2. The summed E-state index contributed by atoms with van der Waals surface area (Å²) in [5.41, 5.74) is 3.34. The van der Waals surface area contributed by atoms with Gasteiger partial charge in [0, 0.05) is 23.3 Å². The van der Waals surface area contributed by atoms with Gasteiger partial charge in [-0.1, -0.05) is 36.4 Å². The fraction of sp³-hybridized carbons (Fsp3) is 0.238. The number of nitrogens with one attached hydrogen (secondary N) is 1. The van der Waals surface area contributed by atoms with Crippen LogP contribution in [0, 0.1) is 0 Å². The van der Waals surface area contributed by atoms with E-state index in [2.05, 4.69) is 28.6 Å². The van der Waals surface area contributed by atoms with Crippen LogP contribution in [0.5, 0.6) is 0 Å². The molecule has 0 saturated carbocycles. The average Bonchev–Trinajstić information content (AvgIpc) is 3.17. The van der Waals surface area contributed by atoms with E-state index in [1.165, 1.54) is 10.5 Å². The van der Waals surface area contributed by atoms with Crippen molar-refractivity contribution in [3.63, 3.8) is 0 Å². The molecule has 0 saturated heterocycles. The lowest BCUT2D eigenvalue weighted by atomic mass is 10.0. The molecule has 132 valence electrons. The Morgan fingerprint density at radius 1 is 1.15 bits per heavy atom. The lowest BCUT2D eigenvalue weighted by Crippen LogP contribution is -2.30. The fourth-order valence-electron chi connectivity index (χ4n) is 3.23. The maximum Gasteiger partial charge on any atom is 0.220 e. The highest BCUT2D eigenvalue weighted by molar-refractivity contribution is 7.99. The maximum atomic E-state index is 12.4. The van der Waals surface area contributed by atoms with Crippen LogP contribution in [0.3, 0.4) is 0 Å². The third-order valence-electron chi connectivity index (χ3n) is 4.59. The average molecular weight is 363 g/mol. The van der Waals surface area contributed by atoms with Crippen molar-refractivity contribution in [1.29, 1.82) is 0 Å². The number of hydrogen-bond acceptors (Lipinski definition) is 3. The number of hydrogen-bond donors (Lipinski definition) is 1. The lowest BCUT2D eigenvalue weighted by molar-refractivity contribution is -0.121. The highest BCUT2D eigenvalue weighted by Crippen LogP contribution is 2.35. The fourth-order valence-corrected chi connectivity index (χ4v) is 4.35. The second-order valence-electron chi connectivity index (χ2n) is 6.42. The van der Waals surface area contributed by atoms with E-state index in [4.69, 9.17) is 0 Å². The number of amides is 1. The Hall–Kier alpha value is -2.53. The van der Waals surface area contributed by atoms with Crippen LogP contribution in [0.2, 0.25) is 0 Å². The first-order chi connectivity index (χ1) is 12.8. The monoisotopic (exact) mass is 363 g/mol. The summed E-state index contributed by atoms with van der Waals surface area (Å²) in [6.45, 7) is 0. The molecule has 1 unspecified atom stereocenters. The Balaban J connectivity index is 1.35. The van der Waals surface area contributed by atoms with Gasteiger partial charge in [-0.3, -0.25) is 4.79 Å². The van der Waals surface area contributed by atoms with Crippen molar-refractivity contribution in [2.75, 3.05) is 5.75 Å². The first-order valence-electron chi connectivity index (χ1n) is 8.90. The van der Waals surface area contributed by atoms with Gasteiger partial charge in [0.15, 0.2) is 0 Å². The van der Waals surface area contributed by atoms with Gasteiger partial charge in [-0.2, -0.15) is 5.10 Å². The molecule has 0 spiro atoms. The van der Waals surface area contributed by atoms with Gasteiger partial charge in [0.25, 0.3) is 0 Å². The molecule has 1 aliphatic rings. The zero-order chi connectivity index (χ0) is 17.8. The summed E-state index contributed by atoms with van der Waals surface area (Å²) in [6.07, 6.45) is 6.00. The van der Waals surface area contributed by atoms with Crippen LogP contribution in [0.15, 0.2) is 71.9 Å². The number of rotatable bonds is 5. The van der Waals surface area contributed by atoms with Crippen molar-refractivity contribution >= 4 is 17.7 Å². The molecule has 2 aromatic carbocycles. The van der Waals surface area contributed by atoms with E-state index in [9.17, 15) is 4.79 Å². The first kappa shape index (κ1) is 16.9. The Bertz CT molecular complexity index is 891. The molecule has 1 N–H and O–H groups in total. The maximum absolute atomic E-state index is 12.4. The van der Waals surface area contributed by atoms with E-state index >= 15 is 0 Å². The number of para-hydroxylation sites is 1. The van der Waals surface area contributed by atoms with Crippen LogP contribution in [0.1, 0.15) is 30.0 Å². The summed E-state index contributed by atoms with van der Waals surface area (Å²) in [4.78, 5) is 13.7. The largest absolute Gasteiger partial charge is 0.349 e. The first-order valence-corrected chi connectivity index (χ1v) is 9.88. The van der Waals surface area contributed by atoms with E-state index < -0.39 is 0 Å². The summed E-state index contributed by atoms with van der Waals surface area (Å²) in [5, 5.41) is 7.60. The van der Waals surface area contributed by atoms with Crippen LogP contribution in [0.25, 0.3) is 5.69 Å². The molecule has 0 fully saturated rings. The highest BCUT2D eigenvalue weighted by Gasteiger charge is 2.21. The number of aromatic nitrogens is 2. The summed E-state index contributed by atoms with van der Waals surface area (Å²) in [5.74, 6) is 1.15. The molecule has 3 aromatic rings.